The third kappa shape index (κ3) is 4.17. The normalized spacial score (nSPS) is 10.6. The van der Waals surface area contributed by atoms with Gasteiger partial charge in [-0.05, 0) is 26.1 Å². The number of carbonyl (C=O) groups excluding carboxylic acids is 1. The second-order valence-corrected chi connectivity index (χ2v) is 3.81. The Morgan fingerprint density at radius 2 is 2.12 bits per heavy atom. The summed E-state index contributed by atoms with van der Waals surface area (Å²) >= 11 is 0. The van der Waals surface area contributed by atoms with Crippen LogP contribution in [0.1, 0.15) is 17.3 Å². The molecule has 0 spiro atoms. The number of ether oxygens (including phenoxy) is 1. The topological polar surface area (TPSA) is 49.8 Å². The SMILES string of the molecule is CCOc1ccccc1C(=O)CN(C)CCO. The van der Waals surface area contributed by atoms with Crippen LogP contribution in [0.4, 0.5) is 0 Å². The second kappa shape index (κ2) is 7.04. The highest BCUT2D eigenvalue weighted by Gasteiger charge is 2.13. The molecule has 4 nitrogen and oxygen atoms in total. The van der Waals surface area contributed by atoms with Crippen molar-refractivity contribution >= 4 is 5.78 Å². The van der Waals surface area contributed by atoms with Crippen LogP contribution in [0.2, 0.25) is 0 Å². The molecule has 0 unspecified atom stereocenters. The molecule has 0 fully saturated rings. The first kappa shape index (κ1) is 13.7. The number of aliphatic hydroxyl groups is 1. The van der Waals surface area contributed by atoms with Crippen molar-refractivity contribution in [2.24, 2.45) is 0 Å². The van der Waals surface area contributed by atoms with Crippen LogP contribution in [0.5, 0.6) is 5.75 Å². The van der Waals surface area contributed by atoms with E-state index in [2.05, 4.69) is 0 Å². The van der Waals surface area contributed by atoms with Gasteiger partial charge < -0.3 is 9.84 Å². The minimum absolute atomic E-state index is 0.00463. The summed E-state index contributed by atoms with van der Waals surface area (Å²) in [7, 11) is 1.80. The lowest BCUT2D eigenvalue weighted by Gasteiger charge is -2.15. The molecule has 0 aliphatic carbocycles. The van der Waals surface area contributed by atoms with Crippen molar-refractivity contribution in [2.45, 2.75) is 6.92 Å². The molecule has 0 aromatic heterocycles. The summed E-state index contributed by atoms with van der Waals surface area (Å²) in [4.78, 5) is 13.8. The smallest absolute Gasteiger partial charge is 0.180 e. The number of carbonyl (C=O) groups is 1. The summed E-state index contributed by atoms with van der Waals surface area (Å²) in [5.41, 5.74) is 0.596. The van der Waals surface area contributed by atoms with Crippen LogP contribution in [-0.4, -0.2) is 49.1 Å². The number of aliphatic hydroxyl groups excluding tert-OH is 1. The third-order valence-corrected chi connectivity index (χ3v) is 2.38. The van der Waals surface area contributed by atoms with Crippen molar-refractivity contribution < 1.29 is 14.6 Å². The van der Waals surface area contributed by atoms with Crippen LogP contribution in [0.3, 0.4) is 0 Å². The molecule has 1 rings (SSSR count). The number of rotatable bonds is 7. The molecule has 0 aliphatic rings. The molecule has 0 heterocycles. The van der Waals surface area contributed by atoms with E-state index in [1.54, 1.807) is 24.1 Å². The first-order valence-corrected chi connectivity index (χ1v) is 5.73. The zero-order valence-electron chi connectivity index (χ0n) is 10.3. The molecule has 0 aliphatic heterocycles. The van der Waals surface area contributed by atoms with E-state index in [0.29, 0.717) is 24.5 Å². The van der Waals surface area contributed by atoms with Crippen molar-refractivity contribution in [1.29, 1.82) is 0 Å². The Hall–Kier alpha value is -1.39. The number of para-hydroxylation sites is 1. The highest BCUT2D eigenvalue weighted by molar-refractivity contribution is 6.00. The summed E-state index contributed by atoms with van der Waals surface area (Å²) < 4.78 is 5.41. The molecular weight excluding hydrogens is 218 g/mol. The zero-order chi connectivity index (χ0) is 12.7. The lowest BCUT2D eigenvalue weighted by molar-refractivity contribution is 0.0932. The van der Waals surface area contributed by atoms with Gasteiger partial charge in [-0.25, -0.2) is 0 Å². The maximum absolute atomic E-state index is 12.0. The van der Waals surface area contributed by atoms with Crippen molar-refractivity contribution in [3.05, 3.63) is 29.8 Å². The number of hydrogen-bond acceptors (Lipinski definition) is 4. The largest absolute Gasteiger partial charge is 0.493 e. The Morgan fingerprint density at radius 3 is 2.76 bits per heavy atom. The fourth-order valence-electron chi connectivity index (χ4n) is 1.56. The van der Waals surface area contributed by atoms with E-state index >= 15 is 0 Å². The van der Waals surface area contributed by atoms with Crippen LogP contribution < -0.4 is 4.74 Å². The number of hydrogen-bond donors (Lipinski definition) is 1. The lowest BCUT2D eigenvalue weighted by Crippen LogP contribution is -2.28. The monoisotopic (exact) mass is 237 g/mol. The van der Waals surface area contributed by atoms with Gasteiger partial charge in [0.2, 0.25) is 0 Å². The fraction of sp³-hybridized carbons (Fsp3) is 0.462. The van der Waals surface area contributed by atoms with Gasteiger partial charge in [0, 0.05) is 6.54 Å². The summed E-state index contributed by atoms with van der Waals surface area (Å²) in [5, 5.41) is 8.78. The van der Waals surface area contributed by atoms with E-state index < -0.39 is 0 Å². The molecule has 1 aromatic rings. The lowest BCUT2D eigenvalue weighted by atomic mass is 10.1. The predicted molar refractivity (Wildman–Crippen MR) is 66.5 cm³/mol. The van der Waals surface area contributed by atoms with Crippen LogP contribution >= 0.6 is 0 Å². The molecule has 0 saturated heterocycles. The predicted octanol–water partition coefficient (Wildman–Crippen LogP) is 1.19. The standard InChI is InChI=1S/C13H19NO3/c1-3-17-13-7-5-4-6-11(13)12(16)10-14(2)8-9-15/h4-7,15H,3,8-10H2,1-2H3. The number of likely N-dealkylation sites (N-methyl/N-ethyl adjacent to an activating group) is 1. The number of nitrogens with zero attached hydrogens (tertiary/aromatic N) is 1. The maximum atomic E-state index is 12.0. The number of ketones is 1. The fourth-order valence-corrected chi connectivity index (χ4v) is 1.56. The van der Waals surface area contributed by atoms with E-state index in [9.17, 15) is 4.79 Å². The Balaban J connectivity index is 2.74. The van der Waals surface area contributed by atoms with Crippen LogP contribution in [0.15, 0.2) is 24.3 Å². The number of benzene rings is 1. The minimum atomic E-state index is 0.00463. The average Bonchev–Trinajstić information content (AvgIpc) is 2.30. The average molecular weight is 237 g/mol. The van der Waals surface area contributed by atoms with Crippen molar-refractivity contribution in [1.82, 2.24) is 4.90 Å². The van der Waals surface area contributed by atoms with Gasteiger partial charge in [0.15, 0.2) is 5.78 Å². The van der Waals surface area contributed by atoms with Crippen molar-refractivity contribution in [3.8, 4) is 5.75 Å². The van der Waals surface area contributed by atoms with Gasteiger partial charge in [-0.2, -0.15) is 0 Å². The van der Waals surface area contributed by atoms with Gasteiger partial charge in [-0.1, -0.05) is 12.1 Å². The Labute approximate surface area is 102 Å². The quantitative estimate of drug-likeness (QED) is 0.724. The van der Waals surface area contributed by atoms with Gasteiger partial charge in [0.05, 0.1) is 25.3 Å². The first-order valence-electron chi connectivity index (χ1n) is 5.73. The molecule has 94 valence electrons. The van der Waals surface area contributed by atoms with Crippen LogP contribution in [0.25, 0.3) is 0 Å². The van der Waals surface area contributed by atoms with Gasteiger partial charge in [0.25, 0.3) is 0 Å². The van der Waals surface area contributed by atoms with E-state index in [0.717, 1.165) is 0 Å². The Bertz CT molecular complexity index is 365. The molecule has 17 heavy (non-hydrogen) atoms. The highest BCUT2D eigenvalue weighted by Crippen LogP contribution is 2.18. The summed E-state index contributed by atoms with van der Waals surface area (Å²) in [5.74, 6) is 0.627. The minimum Gasteiger partial charge on any atom is -0.493 e. The van der Waals surface area contributed by atoms with E-state index in [1.807, 2.05) is 19.1 Å². The van der Waals surface area contributed by atoms with Gasteiger partial charge >= 0.3 is 0 Å². The van der Waals surface area contributed by atoms with E-state index in [4.69, 9.17) is 9.84 Å². The summed E-state index contributed by atoms with van der Waals surface area (Å²) in [6, 6.07) is 7.23. The molecular formula is C13H19NO3. The first-order chi connectivity index (χ1) is 8.19. The zero-order valence-corrected chi connectivity index (χ0v) is 10.3. The van der Waals surface area contributed by atoms with Crippen molar-refractivity contribution in [2.75, 3.05) is 33.4 Å². The molecule has 0 saturated carbocycles. The Morgan fingerprint density at radius 1 is 1.41 bits per heavy atom. The Kier molecular flexibility index (Phi) is 5.66. The van der Waals surface area contributed by atoms with Crippen molar-refractivity contribution in [3.63, 3.8) is 0 Å². The number of Topliss-reactive ketones (excluding diaryl/α,β-unsaturated/α-hetero) is 1. The molecule has 1 aromatic carbocycles. The maximum Gasteiger partial charge on any atom is 0.180 e. The van der Waals surface area contributed by atoms with Crippen LogP contribution in [0, 0.1) is 0 Å². The molecule has 0 amide bonds. The van der Waals surface area contributed by atoms with Gasteiger partial charge in [-0.15, -0.1) is 0 Å². The summed E-state index contributed by atoms with van der Waals surface area (Å²) in [6.07, 6.45) is 0. The second-order valence-electron chi connectivity index (χ2n) is 3.81. The van der Waals surface area contributed by atoms with Gasteiger partial charge in [0.1, 0.15) is 5.75 Å². The van der Waals surface area contributed by atoms with E-state index in [1.165, 1.54) is 0 Å². The van der Waals surface area contributed by atoms with Crippen LogP contribution in [-0.2, 0) is 0 Å². The highest BCUT2D eigenvalue weighted by atomic mass is 16.5. The molecule has 0 bridgehead atoms. The molecule has 0 atom stereocenters. The molecule has 1 N–H and O–H groups in total. The third-order valence-electron chi connectivity index (χ3n) is 2.38. The molecule has 0 radical (unpaired) electrons. The molecule has 4 heteroatoms. The van der Waals surface area contributed by atoms with Gasteiger partial charge in [-0.3, -0.25) is 9.69 Å². The van der Waals surface area contributed by atoms with E-state index in [-0.39, 0.29) is 18.9 Å². The summed E-state index contributed by atoms with van der Waals surface area (Å²) in [6.45, 7) is 3.25.